The lowest BCUT2D eigenvalue weighted by atomic mass is 9.96. The first-order chi connectivity index (χ1) is 9.80. The van der Waals surface area contributed by atoms with Crippen molar-refractivity contribution in [3.8, 4) is 0 Å². The molecule has 0 radical (unpaired) electrons. The van der Waals surface area contributed by atoms with Gasteiger partial charge in [0.15, 0.2) is 0 Å². The van der Waals surface area contributed by atoms with Crippen molar-refractivity contribution in [2.24, 2.45) is 0 Å². The molecule has 1 aliphatic rings. The normalized spacial score (nSPS) is 20.9. The zero-order valence-corrected chi connectivity index (χ0v) is 13.4. The van der Waals surface area contributed by atoms with Gasteiger partial charge in [-0.15, -0.1) is 0 Å². The molecule has 1 aromatic carbocycles. The van der Waals surface area contributed by atoms with Crippen molar-refractivity contribution in [3.63, 3.8) is 0 Å². The molecule has 0 saturated carbocycles. The topological polar surface area (TPSA) is 15.3 Å². The molecule has 1 aliphatic heterocycles. The van der Waals surface area contributed by atoms with Crippen molar-refractivity contribution in [1.29, 1.82) is 0 Å². The summed E-state index contributed by atoms with van der Waals surface area (Å²) in [6.45, 7) is 5.76. The van der Waals surface area contributed by atoms with E-state index in [1.807, 2.05) is 7.05 Å². The van der Waals surface area contributed by atoms with Gasteiger partial charge in [-0.1, -0.05) is 32.4 Å². The summed E-state index contributed by atoms with van der Waals surface area (Å²) in [5.74, 6) is 0. The molecule has 0 aromatic heterocycles. The second kappa shape index (κ2) is 7.68. The Morgan fingerprint density at radius 3 is 2.55 bits per heavy atom. The molecule has 0 amide bonds. The van der Waals surface area contributed by atoms with Gasteiger partial charge in [0.2, 0.25) is 0 Å². The average Bonchev–Trinajstić information content (AvgIpc) is 2.50. The molecule has 1 saturated heterocycles. The average molecular weight is 274 g/mol. The zero-order valence-electron chi connectivity index (χ0n) is 13.4. The number of anilines is 1. The number of hydrogen-bond donors (Lipinski definition) is 1. The Hall–Kier alpha value is -1.02. The van der Waals surface area contributed by atoms with E-state index >= 15 is 0 Å². The molecule has 0 aliphatic carbocycles. The molecule has 2 unspecified atom stereocenters. The molecule has 2 heteroatoms. The van der Waals surface area contributed by atoms with Gasteiger partial charge in [-0.2, -0.15) is 0 Å². The minimum absolute atomic E-state index is 0.483. The van der Waals surface area contributed by atoms with Crippen molar-refractivity contribution >= 4 is 5.69 Å². The third kappa shape index (κ3) is 3.54. The van der Waals surface area contributed by atoms with E-state index in [2.05, 4.69) is 48.3 Å². The summed E-state index contributed by atoms with van der Waals surface area (Å²) >= 11 is 0. The van der Waals surface area contributed by atoms with Crippen molar-refractivity contribution < 1.29 is 0 Å². The Bertz CT molecular complexity index is 379. The quantitative estimate of drug-likeness (QED) is 0.820. The van der Waals surface area contributed by atoms with E-state index in [4.69, 9.17) is 0 Å². The highest BCUT2D eigenvalue weighted by molar-refractivity contribution is 5.49. The van der Waals surface area contributed by atoms with Crippen LogP contribution in [0.3, 0.4) is 0 Å². The summed E-state index contributed by atoms with van der Waals surface area (Å²) in [6, 6.07) is 10.5. The van der Waals surface area contributed by atoms with Crippen molar-refractivity contribution in [1.82, 2.24) is 5.32 Å². The van der Waals surface area contributed by atoms with Gasteiger partial charge in [0.25, 0.3) is 0 Å². The van der Waals surface area contributed by atoms with E-state index < -0.39 is 0 Å². The first kappa shape index (κ1) is 15.4. The molecule has 2 rings (SSSR count). The minimum atomic E-state index is 0.483. The van der Waals surface area contributed by atoms with E-state index in [-0.39, 0.29) is 0 Å². The number of hydrogen-bond acceptors (Lipinski definition) is 2. The summed E-state index contributed by atoms with van der Waals surface area (Å²) in [5.41, 5.74) is 2.82. The highest BCUT2D eigenvalue weighted by atomic mass is 15.2. The lowest BCUT2D eigenvalue weighted by Gasteiger charge is -2.38. The van der Waals surface area contributed by atoms with E-state index in [0.717, 1.165) is 12.5 Å². The van der Waals surface area contributed by atoms with Gasteiger partial charge < -0.3 is 10.2 Å². The number of nitrogens with one attached hydrogen (secondary N) is 1. The van der Waals surface area contributed by atoms with E-state index in [0.29, 0.717) is 6.04 Å². The van der Waals surface area contributed by atoms with Crippen LogP contribution in [0.2, 0.25) is 0 Å². The predicted molar refractivity (Wildman–Crippen MR) is 88.4 cm³/mol. The summed E-state index contributed by atoms with van der Waals surface area (Å²) in [7, 11) is 2.05. The lowest BCUT2D eigenvalue weighted by Crippen LogP contribution is -2.39. The Balaban J connectivity index is 2.11. The fourth-order valence-corrected chi connectivity index (χ4v) is 3.48. The third-order valence-corrected chi connectivity index (χ3v) is 4.63. The van der Waals surface area contributed by atoms with Gasteiger partial charge in [-0.05, 0) is 56.8 Å². The molecular formula is C18H30N2. The van der Waals surface area contributed by atoms with Gasteiger partial charge in [-0.25, -0.2) is 0 Å². The Morgan fingerprint density at radius 2 is 1.95 bits per heavy atom. The molecule has 112 valence electrons. The van der Waals surface area contributed by atoms with Gasteiger partial charge in [-0.3, -0.25) is 0 Å². The van der Waals surface area contributed by atoms with Crippen molar-refractivity contribution in [2.75, 3.05) is 18.5 Å². The van der Waals surface area contributed by atoms with Crippen molar-refractivity contribution in [3.05, 3.63) is 29.8 Å². The van der Waals surface area contributed by atoms with Crippen LogP contribution < -0.4 is 10.2 Å². The number of piperidine rings is 1. The molecule has 1 aromatic rings. The first-order valence-electron chi connectivity index (χ1n) is 8.34. The molecule has 1 N–H and O–H groups in total. The maximum atomic E-state index is 3.38. The Labute approximate surface area is 124 Å². The van der Waals surface area contributed by atoms with E-state index in [1.165, 1.54) is 49.9 Å². The van der Waals surface area contributed by atoms with Gasteiger partial charge in [0, 0.05) is 24.3 Å². The summed E-state index contributed by atoms with van der Waals surface area (Å²) in [6.07, 6.45) is 7.86. The van der Waals surface area contributed by atoms with Crippen LogP contribution in [0.25, 0.3) is 0 Å². The lowest BCUT2D eigenvalue weighted by molar-refractivity contribution is 0.434. The molecular weight excluding hydrogens is 244 g/mol. The number of rotatable bonds is 6. The maximum Gasteiger partial charge on any atom is 0.0368 e. The Kier molecular flexibility index (Phi) is 5.90. The van der Waals surface area contributed by atoms with Crippen LogP contribution in [0.15, 0.2) is 24.3 Å². The van der Waals surface area contributed by atoms with E-state index in [1.54, 1.807) is 0 Å². The highest BCUT2D eigenvalue weighted by Crippen LogP contribution is 2.28. The number of nitrogens with zero attached hydrogens (tertiary/aromatic N) is 1. The second-order valence-corrected chi connectivity index (χ2v) is 5.97. The van der Waals surface area contributed by atoms with Gasteiger partial charge in [0.1, 0.15) is 0 Å². The molecule has 2 atom stereocenters. The largest absolute Gasteiger partial charge is 0.369 e. The maximum absolute atomic E-state index is 3.38. The monoisotopic (exact) mass is 274 g/mol. The standard InChI is InChI=1S/C18H30N2/c1-4-8-16-9-6-7-14-20(16)17-12-10-15(11-13-17)18(5-2)19-3/h10-13,16,18-19H,4-9,14H2,1-3H3. The van der Waals surface area contributed by atoms with E-state index in [9.17, 15) is 0 Å². The number of benzene rings is 1. The van der Waals surface area contributed by atoms with Gasteiger partial charge >= 0.3 is 0 Å². The van der Waals surface area contributed by atoms with Crippen LogP contribution in [0.1, 0.15) is 64.0 Å². The summed E-state index contributed by atoms with van der Waals surface area (Å²) in [4.78, 5) is 2.64. The smallest absolute Gasteiger partial charge is 0.0368 e. The van der Waals surface area contributed by atoms with Gasteiger partial charge in [0.05, 0.1) is 0 Å². The molecule has 1 fully saturated rings. The fraction of sp³-hybridized carbons (Fsp3) is 0.667. The van der Waals surface area contributed by atoms with Crippen LogP contribution in [-0.4, -0.2) is 19.6 Å². The first-order valence-corrected chi connectivity index (χ1v) is 8.34. The third-order valence-electron chi connectivity index (χ3n) is 4.63. The van der Waals surface area contributed by atoms with Crippen LogP contribution in [-0.2, 0) is 0 Å². The highest BCUT2D eigenvalue weighted by Gasteiger charge is 2.21. The minimum Gasteiger partial charge on any atom is -0.369 e. The molecule has 0 spiro atoms. The van der Waals surface area contributed by atoms with Crippen LogP contribution in [0.5, 0.6) is 0 Å². The molecule has 1 heterocycles. The van der Waals surface area contributed by atoms with Crippen LogP contribution in [0.4, 0.5) is 5.69 Å². The summed E-state index contributed by atoms with van der Waals surface area (Å²) in [5, 5.41) is 3.38. The SMILES string of the molecule is CCCC1CCCCN1c1ccc(C(CC)NC)cc1. The van der Waals surface area contributed by atoms with Crippen LogP contribution >= 0.6 is 0 Å². The zero-order chi connectivity index (χ0) is 14.4. The Morgan fingerprint density at radius 1 is 1.20 bits per heavy atom. The molecule has 2 nitrogen and oxygen atoms in total. The summed E-state index contributed by atoms with van der Waals surface area (Å²) < 4.78 is 0. The fourth-order valence-electron chi connectivity index (χ4n) is 3.48. The van der Waals surface area contributed by atoms with Crippen LogP contribution in [0, 0.1) is 0 Å². The molecule has 0 bridgehead atoms. The second-order valence-electron chi connectivity index (χ2n) is 5.97. The van der Waals surface area contributed by atoms with Crippen molar-refractivity contribution in [2.45, 2.75) is 64.5 Å². The predicted octanol–water partition coefficient (Wildman–Crippen LogP) is 4.52. The molecule has 20 heavy (non-hydrogen) atoms.